The summed E-state index contributed by atoms with van der Waals surface area (Å²) < 4.78 is 0. The van der Waals surface area contributed by atoms with Crippen LogP contribution < -0.4 is 10.6 Å². The number of hydrogen-bond acceptors (Lipinski definition) is 4. The molecule has 0 saturated carbocycles. The smallest absolute Gasteiger partial charge is 0.261 e. The lowest BCUT2D eigenvalue weighted by molar-refractivity contribution is -0.133. The van der Waals surface area contributed by atoms with Gasteiger partial charge in [0.2, 0.25) is 11.8 Å². The van der Waals surface area contributed by atoms with Crippen molar-refractivity contribution in [1.29, 1.82) is 0 Å². The predicted octanol–water partition coefficient (Wildman–Crippen LogP) is 2.08. The minimum Gasteiger partial charge on any atom is -0.345 e. The molecule has 3 rings (SSSR count). The maximum absolute atomic E-state index is 12.3. The first-order chi connectivity index (χ1) is 13.6. The Bertz CT molecular complexity index is 784. The first-order valence-electron chi connectivity index (χ1n) is 9.52. The van der Waals surface area contributed by atoms with Crippen molar-refractivity contribution in [3.63, 3.8) is 0 Å². The van der Waals surface area contributed by atoms with Crippen LogP contribution in [-0.4, -0.2) is 48.8 Å². The monoisotopic (exact) mass is 399 g/mol. The standard InChI is InChI=1S/C21H25N3O3S/c25-19(14-23-21(27)18-7-4-12-28-18)22-15-20(26)24-10-8-17(9-11-24)13-16-5-2-1-3-6-16/h1-7,12,17H,8-11,13-15H2,(H,22,25)(H,23,27). The zero-order chi connectivity index (χ0) is 19.8. The van der Waals surface area contributed by atoms with Crippen molar-refractivity contribution < 1.29 is 14.4 Å². The van der Waals surface area contributed by atoms with Gasteiger partial charge in [-0.3, -0.25) is 14.4 Å². The summed E-state index contributed by atoms with van der Waals surface area (Å²) in [4.78, 5) is 38.4. The zero-order valence-electron chi connectivity index (χ0n) is 15.7. The number of nitrogens with one attached hydrogen (secondary N) is 2. The topological polar surface area (TPSA) is 78.5 Å². The number of hydrogen-bond donors (Lipinski definition) is 2. The van der Waals surface area contributed by atoms with Gasteiger partial charge >= 0.3 is 0 Å². The van der Waals surface area contributed by atoms with Gasteiger partial charge in [-0.15, -0.1) is 11.3 Å². The van der Waals surface area contributed by atoms with E-state index in [-0.39, 0.29) is 30.8 Å². The lowest BCUT2D eigenvalue weighted by Gasteiger charge is -2.32. The number of nitrogens with zero attached hydrogens (tertiary/aromatic N) is 1. The maximum Gasteiger partial charge on any atom is 0.261 e. The van der Waals surface area contributed by atoms with Crippen molar-refractivity contribution in [2.75, 3.05) is 26.2 Å². The van der Waals surface area contributed by atoms with Crippen LogP contribution in [0.3, 0.4) is 0 Å². The summed E-state index contributed by atoms with van der Waals surface area (Å²) in [5.74, 6) is -0.126. The lowest BCUT2D eigenvalue weighted by Crippen LogP contribution is -2.46. The van der Waals surface area contributed by atoms with Gasteiger partial charge in [-0.2, -0.15) is 0 Å². The van der Waals surface area contributed by atoms with Crippen LogP contribution in [0, 0.1) is 5.92 Å². The van der Waals surface area contributed by atoms with E-state index in [2.05, 4.69) is 34.9 Å². The van der Waals surface area contributed by atoms with Crippen LogP contribution >= 0.6 is 11.3 Å². The molecule has 0 radical (unpaired) electrons. The van der Waals surface area contributed by atoms with E-state index in [9.17, 15) is 14.4 Å². The number of amides is 3. The minimum atomic E-state index is -0.364. The molecule has 3 amide bonds. The molecule has 0 atom stereocenters. The summed E-state index contributed by atoms with van der Waals surface area (Å²) in [7, 11) is 0. The van der Waals surface area contributed by atoms with E-state index in [1.807, 2.05) is 11.0 Å². The zero-order valence-corrected chi connectivity index (χ0v) is 16.5. The Labute approximate surface area is 168 Å². The van der Waals surface area contributed by atoms with E-state index in [1.54, 1.807) is 17.5 Å². The molecule has 2 aromatic rings. The first-order valence-corrected chi connectivity index (χ1v) is 10.4. The quantitative estimate of drug-likeness (QED) is 0.748. The van der Waals surface area contributed by atoms with E-state index in [4.69, 9.17) is 0 Å². The molecule has 2 heterocycles. The summed E-state index contributed by atoms with van der Waals surface area (Å²) in [6.07, 6.45) is 3.00. The van der Waals surface area contributed by atoms with Gasteiger partial charge in [-0.1, -0.05) is 36.4 Å². The molecular formula is C21H25N3O3S. The molecule has 0 spiro atoms. The fourth-order valence-electron chi connectivity index (χ4n) is 3.34. The minimum absolute atomic E-state index is 0.0307. The fraction of sp³-hybridized carbons (Fsp3) is 0.381. The van der Waals surface area contributed by atoms with Crippen LogP contribution in [0.25, 0.3) is 0 Å². The molecule has 0 unspecified atom stereocenters. The second kappa shape index (κ2) is 10.0. The third-order valence-electron chi connectivity index (χ3n) is 4.93. The fourth-order valence-corrected chi connectivity index (χ4v) is 3.98. The summed E-state index contributed by atoms with van der Waals surface area (Å²) in [6.45, 7) is 1.28. The Morgan fingerprint density at radius 2 is 1.71 bits per heavy atom. The lowest BCUT2D eigenvalue weighted by atomic mass is 9.90. The molecule has 1 aliphatic rings. The number of carbonyl (C=O) groups is 3. The Hall–Kier alpha value is -2.67. The van der Waals surface area contributed by atoms with Gasteiger partial charge in [0.15, 0.2) is 0 Å². The van der Waals surface area contributed by atoms with Gasteiger partial charge in [-0.25, -0.2) is 0 Å². The average Bonchev–Trinajstić information content (AvgIpc) is 3.26. The third-order valence-corrected chi connectivity index (χ3v) is 5.79. The van der Waals surface area contributed by atoms with E-state index < -0.39 is 0 Å². The van der Waals surface area contributed by atoms with Gasteiger partial charge in [0, 0.05) is 13.1 Å². The van der Waals surface area contributed by atoms with E-state index in [0.29, 0.717) is 10.8 Å². The Balaban J connectivity index is 1.33. The number of thiophene rings is 1. The van der Waals surface area contributed by atoms with Gasteiger partial charge in [0.1, 0.15) is 0 Å². The van der Waals surface area contributed by atoms with Crippen molar-refractivity contribution in [2.24, 2.45) is 5.92 Å². The largest absolute Gasteiger partial charge is 0.345 e. The predicted molar refractivity (Wildman–Crippen MR) is 109 cm³/mol. The number of benzene rings is 1. The van der Waals surface area contributed by atoms with Crippen LogP contribution in [0.15, 0.2) is 47.8 Å². The highest BCUT2D eigenvalue weighted by Gasteiger charge is 2.23. The first kappa shape index (κ1) is 20.1. The third kappa shape index (κ3) is 5.92. The molecule has 0 bridgehead atoms. The summed E-state index contributed by atoms with van der Waals surface area (Å²) in [6, 6.07) is 13.9. The van der Waals surface area contributed by atoms with Crippen LogP contribution in [-0.2, 0) is 16.0 Å². The molecule has 6 nitrogen and oxygen atoms in total. The van der Waals surface area contributed by atoms with Gasteiger partial charge in [-0.05, 0) is 42.2 Å². The van der Waals surface area contributed by atoms with Crippen LogP contribution in [0.1, 0.15) is 28.1 Å². The molecule has 7 heteroatoms. The van der Waals surface area contributed by atoms with E-state index in [0.717, 1.165) is 32.4 Å². The maximum atomic E-state index is 12.3. The molecule has 1 fully saturated rings. The Kier molecular flexibility index (Phi) is 7.19. The second-order valence-electron chi connectivity index (χ2n) is 6.95. The number of carbonyl (C=O) groups excluding carboxylic acids is 3. The van der Waals surface area contributed by atoms with Gasteiger partial charge in [0.05, 0.1) is 18.0 Å². The van der Waals surface area contributed by atoms with Crippen molar-refractivity contribution in [3.8, 4) is 0 Å². The van der Waals surface area contributed by atoms with Crippen LogP contribution in [0.2, 0.25) is 0 Å². The highest BCUT2D eigenvalue weighted by molar-refractivity contribution is 7.12. The normalized spacial score (nSPS) is 14.5. The van der Waals surface area contributed by atoms with E-state index >= 15 is 0 Å². The molecule has 148 valence electrons. The number of likely N-dealkylation sites (tertiary alicyclic amines) is 1. The molecule has 1 saturated heterocycles. The molecular weight excluding hydrogens is 374 g/mol. The second-order valence-corrected chi connectivity index (χ2v) is 7.90. The Morgan fingerprint density at radius 1 is 0.964 bits per heavy atom. The summed E-state index contributed by atoms with van der Waals surface area (Å²) in [5, 5.41) is 6.94. The van der Waals surface area contributed by atoms with Crippen molar-refractivity contribution in [3.05, 3.63) is 58.3 Å². The van der Waals surface area contributed by atoms with E-state index in [1.165, 1.54) is 16.9 Å². The summed E-state index contributed by atoms with van der Waals surface area (Å²) >= 11 is 1.32. The van der Waals surface area contributed by atoms with Crippen molar-refractivity contribution in [1.82, 2.24) is 15.5 Å². The number of piperidine rings is 1. The number of rotatable bonds is 7. The van der Waals surface area contributed by atoms with Crippen LogP contribution in [0.5, 0.6) is 0 Å². The molecule has 28 heavy (non-hydrogen) atoms. The van der Waals surface area contributed by atoms with Gasteiger partial charge in [0.25, 0.3) is 5.91 Å². The van der Waals surface area contributed by atoms with Crippen LogP contribution in [0.4, 0.5) is 0 Å². The highest BCUT2D eigenvalue weighted by Crippen LogP contribution is 2.21. The molecule has 1 aromatic carbocycles. The summed E-state index contributed by atoms with van der Waals surface area (Å²) in [5.41, 5.74) is 1.34. The van der Waals surface area contributed by atoms with Gasteiger partial charge < -0.3 is 15.5 Å². The Morgan fingerprint density at radius 3 is 2.39 bits per heavy atom. The highest BCUT2D eigenvalue weighted by atomic mass is 32.1. The van der Waals surface area contributed by atoms with Crippen molar-refractivity contribution >= 4 is 29.1 Å². The average molecular weight is 400 g/mol. The molecule has 1 aromatic heterocycles. The molecule has 2 N–H and O–H groups in total. The molecule has 0 aliphatic carbocycles. The SMILES string of the molecule is O=C(CNC(=O)c1cccs1)NCC(=O)N1CCC(Cc2ccccc2)CC1. The molecule has 1 aliphatic heterocycles. The van der Waals surface area contributed by atoms with Crippen molar-refractivity contribution in [2.45, 2.75) is 19.3 Å².